The van der Waals surface area contributed by atoms with Gasteiger partial charge in [0.2, 0.25) is 5.91 Å². The third kappa shape index (κ3) is 3.64. The number of amides is 2. The highest BCUT2D eigenvalue weighted by Crippen LogP contribution is 2.21. The van der Waals surface area contributed by atoms with E-state index in [1.165, 1.54) is 6.26 Å². The summed E-state index contributed by atoms with van der Waals surface area (Å²) in [4.78, 5) is 30.4. The van der Waals surface area contributed by atoms with E-state index in [4.69, 9.17) is 4.42 Å². The van der Waals surface area contributed by atoms with E-state index in [1.807, 2.05) is 19.1 Å². The van der Waals surface area contributed by atoms with Crippen LogP contribution in [0.2, 0.25) is 0 Å². The van der Waals surface area contributed by atoms with Crippen LogP contribution in [0.3, 0.4) is 0 Å². The highest BCUT2D eigenvalue weighted by Gasteiger charge is 2.29. The number of hydrogen-bond acceptors (Lipinski definition) is 4. The number of carbonyl (C=O) groups is 2. The number of aromatic nitrogens is 1. The Bertz CT molecular complexity index is 677. The van der Waals surface area contributed by atoms with Crippen LogP contribution in [0, 0.1) is 5.92 Å². The Balaban J connectivity index is 1.51. The van der Waals surface area contributed by atoms with E-state index in [9.17, 15) is 9.59 Å². The molecule has 6 heteroatoms. The highest BCUT2D eigenvalue weighted by atomic mass is 16.3. The largest absolute Gasteiger partial charge is 0.459 e. The summed E-state index contributed by atoms with van der Waals surface area (Å²) in [5.74, 6) is 0.229. The van der Waals surface area contributed by atoms with Crippen LogP contribution in [0.1, 0.15) is 41.9 Å². The topological polar surface area (TPSA) is 75.4 Å². The molecule has 1 atom stereocenters. The first kappa shape index (κ1) is 16.2. The summed E-state index contributed by atoms with van der Waals surface area (Å²) >= 11 is 0. The van der Waals surface area contributed by atoms with Crippen LogP contribution >= 0.6 is 0 Å². The maximum Gasteiger partial charge on any atom is 0.289 e. The van der Waals surface area contributed by atoms with Crippen molar-refractivity contribution in [2.75, 3.05) is 13.1 Å². The van der Waals surface area contributed by atoms with Crippen molar-refractivity contribution in [3.8, 4) is 0 Å². The minimum absolute atomic E-state index is 0.0457. The van der Waals surface area contributed by atoms with Gasteiger partial charge in [-0.25, -0.2) is 0 Å². The Labute approximate surface area is 140 Å². The molecule has 0 unspecified atom stereocenters. The Morgan fingerprint density at radius 3 is 2.58 bits per heavy atom. The fourth-order valence-electron chi connectivity index (χ4n) is 2.97. The van der Waals surface area contributed by atoms with Gasteiger partial charge in [0.1, 0.15) is 0 Å². The zero-order valence-corrected chi connectivity index (χ0v) is 13.6. The summed E-state index contributed by atoms with van der Waals surface area (Å²) < 4.78 is 5.15. The first-order valence-electron chi connectivity index (χ1n) is 8.18. The average molecular weight is 327 g/mol. The molecule has 1 fully saturated rings. The quantitative estimate of drug-likeness (QED) is 0.935. The Kier molecular flexibility index (Phi) is 4.93. The predicted molar refractivity (Wildman–Crippen MR) is 88.1 cm³/mol. The fraction of sp³-hybridized carbons (Fsp3) is 0.389. The van der Waals surface area contributed by atoms with Gasteiger partial charge in [-0.3, -0.25) is 14.6 Å². The van der Waals surface area contributed by atoms with E-state index in [0.29, 0.717) is 31.7 Å². The molecule has 0 bridgehead atoms. The van der Waals surface area contributed by atoms with Crippen LogP contribution in [0.25, 0.3) is 0 Å². The van der Waals surface area contributed by atoms with Gasteiger partial charge >= 0.3 is 0 Å². The van der Waals surface area contributed by atoms with Gasteiger partial charge in [0.15, 0.2) is 5.76 Å². The van der Waals surface area contributed by atoms with Crippen LogP contribution in [-0.2, 0) is 4.79 Å². The van der Waals surface area contributed by atoms with E-state index in [2.05, 4.69) is 10.3 Å². The minimum atomic E-state index is -0.107. The van der Waals surface area contributed by atoms with E-state index < -0.39 is 0 Å². The maximum atomic E-state index is 12.4. The van der Waals surface area contributed by atoms with Crippen molar-refractivity contribution >= 4 is 11.8 Å². The van der Waals surface area contributed by atoms with Gasteiger partial charge < -0.3 is 14.6 Å². The number of nitrogens with one attached hydrogen (secondary N) is 1. The standard InChI is InChI=1S/C18H21N3O3/c1-13(14-4-8-19-9-5-14)20-17(22)15-6-10-21(11-7-15)18(23)16-3-2-12-24-16/h2-5,8-9,12-13,15H,6-7,10-11H2,1H3,(H,20,22)/t13-/m0/s1. The summed E-state index contributed by atoms with van der Waals surface area (Å²) in [6.07, 6.45) is 6.27. The third-order valence-corrected chi connectivity index (χ3v) is 4.45. The van der Waals surface area contributed by atoms with E-state index in [-0.39, 0.29) is 23.8 Å². The Morgan fingerprint density at radius 2 is 1.96 bits per heavy atom. The van der Waals surface area contributed by atoms with Gasteiger partial charge in [-0.15, -0.1) is 0 Å². The lowest BCUT2D eigenvalue weighted by Crippen LogP contribution is -2.43. The second-order valence-corrected chi connectivity index (χ2v) is 6.05. The van der Waals surface area contributed by atoms with Gasteiger partial charge in [0.25, 0.3) is 5.91 Å². The molecular weight excluding hydrogens is 306 g/mol. The molecule has 2 amide bonds. The summed E-state index contributed by atoms with van der Waals surface area (Å²) in [6, 6.07) is 7.11. The molecule has 0 spiro atoms. The zero-order valence-electron chi connectivity index (χ0n) is 13.6. The highest BCUT2D eigenvalue weighted by molar-refractivity contribution is 5.91. The number of nitrogens with zero attached hydrogens (tertiary/aromatic N) is 2. The van der Waals surface area contributed by atoms with Crippen LogP contribution < -0.4 is 5.32 Å². The lowest BCUT2D eigenvalue weighted by molar-refractivity contribution is -0.127. The molecule has 0 saturated carbocycles. The molecule has 0 aliphatic carbocycles. The van der Waals surface area contributed by atoms with Crippen molar-refractivity contribution in [2.45, 2.75) is 25.8 Å². The van der Waals surface area contributed by atoms with Gasteiger partial charge in [0.05, 0.1) is 12.3 Å². The van der Waals surface area contributed by atoms with Crippen molar-refractivity contribution in [1.82, 2.24) is 15.2 Å². The molecule has 0 aromatic carbocycles. The fourth-order valence-corrected chi connectivity index (χ4v) is 2.97. The summed E-state index contributed by atoms with van der Waals surface area (Å²) in [5, 5.41) is 3.05. The number of furan rings is 1. The molecule has 24 heavy (non-hydrogen) atoms. The molecule has 1 saturated heterocycles. The molecule has 1 aliphatic rings. The van der Waals surface area contributed by atoms with Crippen LogP contribution in [-0.4, -0.2) is 34.8 Å². The average Bonchev–Trinajstić information content (AvgIpc) is 3.16. The van der Waals surface area contributed by atoms with Gasteiger partial charge in [-0.1, -0.05) is 0 Å². The molecule has 3 heterocycles. The van der Waals surface area contributed by atoms with Crippen molar-refractivity contribution in [2.24, 2.45) is 5.92 Å². The number of hydrogen-bond donors (Lipinski definition) is 1. The van der Waals surface area contributed by atoms with Crippen molar-refractivity contribution in [1.29, 1.82) is 0 Å². The van der Waals surface area contributed by atoms with Crippen molar-refractivity contribution in [3.63, 3.8) is 0 Å². The minimum Gasteiger partial charge on any atom is -0.459 e. The monoisotopic (exact) mass is 327 g/mol. The molecular formula is C18H21N3O3. The molecule has 1 aliphatic heterocycles. The number of carbonyl (C=O) groups excluding carboxylic acids is 2. The van der Waals surface area contributed by atoms with Gasteiger partial charge in [-0.2, -0.15) is 0 Å². The normalized spacial score (nSPS) is 16.6. The van der Waals surface area contributed by atoms with Gasteiger partial charge in [0, 0.05) is 31.4 Å². The lowest BCUT2D eigenvalue weighted by atomic mass is 9.95. The zero-order chi connectivity index (χ0) is 16.9. The van der Waals surface area contributed by atoms with Crippen molar-refractivity contribution < 1.29 is 14.0 Å². The van der Waals surface area contributed by atoms with Crippen LogP contribution in [0.15, 0.2) is 47.3 Å². The van der Waals surface area contributed by atoms with E-state index >= 15 is 0 Å². The SMILES string of the molecule is C[C@H](NC(=O)C1CCN(C(=O)c2ccco2)CC1)c1ccncc1. The van der Waals surface area contributed by atoms with Crippen LogP contribution in [0.4, 0.5) is 0 Å². The smallest absolute Gasteiger partial charge is 0.289 e. The molecule has 6 nitrogen and oxygen atoms in total. The molecule has 0 radical (unpaired) electrons. The predicted octanol–water partition coefficient (Wildman–Crippen LogP) is 2.40. The summed E-state index contributed by atoms with van der Waals surface area (Å²) in [6.45, 7) is 3.10. The van der Waals surface area contributed by atoms with Crippen molar-refractivity contribution in [3.05, 3.63) is 54.2 Å². The molecule has 126 valence electrons. The van der Waals surface area contributed by atoms with Crippen LogP contribution in [0.5, 0.6) is 0 Å². The summed E-state index contributed by atoms with van der Waals surface area (Å²) in [5.41, 5.74) is 1.03. The van der Waals surface area contributed by atoms with E-state index in [1.54, 1.807) is 29.4 Å². The molecule has 2 aromatic rings. The number of pyridine rings is 1. The maximum absolute atomic E-state index is 12.4. The first-order chi connectivity index (χ1) is 11.6. The Hall–Kier alpha value is -2.63. The molecule has 3 rings (SSSR count). The third-order valence-electron chi connectivity index (χ3n) is 4.45. The Morgan fingerprint density at radius 1 is 1.25 bits per heavy atom. The summed E-state index contributed by atoms with van der Waals surface area (Å²) in [7, 11) is 0. The molecule has 2 aromatic heterocycles. The first-order valence-corrected chi connectivity index (χ1v) is 8.18. The lowest BCUT2D eigenvalue weighted by Gasteiger charge is -2.31. The van der Waals surface area contributed by atoms with E-state index in [0.717, 1.165) is 5.56 Å². The number of rotatable bonds is 4. The number of piperidine rings is 1. The number of likely N-dealkylation sites (tertiary alicyclic amines) is 1. The van der Waals surface area contributed by atoms with Gasteiger partial charge in [-0.05, 0) is 49.6 Å². The second kappa shape index (κ2) is 7.29. The second-order valence-electron chi connectivity index (χ2n) is 6.05. The molecule has 1 N–H and O–H groups in total.